The van der Waals surface area contributed by atoms with Crippen LogP contribution in [0.1, 0.15) is 27.0 Å². The van der Waals surface area contributed by atoms with Crippen molar-refractivity contribution in [3.8, 4) is 11.3 Å². The molecule has 0 saturated heterocycles. The molecule has 2 nitrogen and oxygen atoms in total. The second-order valence-electron chi connectivity index (χ2n) is 4.29. The maximum Gasteiger partial charge on any atom is 0.195 e. The summed E-state index contributed by atoms with van der Waals surface area (Å²) < 4.78 is 0. The molecule has 0 radical (unpaired) electrons. The average molecular weight is 209 g/mol. The van der Waals surface area contributed by atoms with E-state index in [0.29, 0.717) is 0 Å². The van der Waals surface area contributed by atoms with E-state index in [2.05, 4.69) is 4.98 Å². The van der Waals surface area contributed by atoms with Gasteiger partial charge in [0, 0.05) is 22.9 Å². The highest BCUT2D eigenvalue weighted by molar-refractivity contribution is 6.21. The summed E-state index contributed by atoms with van der Waals surface area (Å²) in [6.07, 6.45) is 1.81. The van der Waals surface area contributed by atoms with Crippen LogP contribution in [-0.2, 0) is 0 Å². The molecule has 1 aromatic carbocycles. The summed E-state index contributed by atoms with van der Waals surface area (Å²) in [5.74, 6) is 0.102. The van der Waals surface area contributed by atoms with Gasteiger partial charge in [-0.05, 0) is 31.5 Å². The third kappa shape index (κ3) is 1.13. The molecule has 78 valence electrons. The van der Waals surface area contributed by atoms with Gasteiger partial charge in [0.05, 0.1) is 5.69 Å². The molecule has 0 aliphatic heterocycles. The van der Waals surface area contributed by atoms with Crippen molar-refractivity contribution < 1.29 is 4.79 Å². The summed E-state index contributed by atoms with van der Waals surface area (Å²) in [5, 5.41) is 0. The van der Waals surface area contributed by atoms with Crippen molar-refractivity contribution >= 4 is 5.78 Å². The van der Waals surface area contributed by atoms with E-state index in [1.165, 1.54) is 0 Å². The lowest BCUT2D eigenvalue weighted by molar-refractivity contribution is 0.104. The Kier molecular flexibility index (Phi) is 1.75. The molecular weight excluding hydrogens is 198 g/mol. The molecule has 2 aromatic rings. The molecule has 0 bridgehead atoms. The number of rotatable bonds is 0. The van der Waals surface area contributed by atoms with Gasteiger partial charge < -0.3 is 0 Å². The summed E-state index contributed by atoms with van der Waals surface area (Å²) >= 11 is 0. The molecule has 1 heterocycles. The standard InChI is InChI=1S/C14H11NO/c1-8-3-4-10-11(5-8)14(16)12-6-9(2)7-15-13(10)12/h3-7H,1-2H3. The molecule has 0 atom stereocenters. The predicted molar refractivity (Wildman–Crippen MR) is 62.6 cm³/mol. The highest BCUT2D eigenvalue weighted by Crippen LogP contribution is 2.35. The van der Waals surface area contributed by atoms with Gasteiger partial charge in [-0.1, -0.05) is 17.7 Å². The van der Waals surface area contributed by atoms with Crippen molar-refractivity contribution in [2.45, 2.75) is 13.8 Å². The third-order valence-electron chi connectivity index (χ3n) is 2.94. The fourth-order valence-corrected chi connectivity index (χ4v) is 2.15. The summed E-state index contributed by atoms with van der Waals surface area (Å²) in [7, 11) is 0. The van der Waals surface area contributed by atoms with Crippen LogP contribution in [0.15, 0.2) is 30.5 Å². The quantitative estimate of drug-likeness (QED) is 0.569. The van der Waals surface area contributed by atoms with Crippen LogP contribution in [0.5, 0.6) is 0 Å². The number of fused-ring (bicyclic) bond motifs is 3. The number of carbonyl (C=O) groups excluding carboxylic acids is 1. The summed E-state index contributed by atoms with van der Waals surface area (Å²) in [6, 6.07) is 7.86. The second-order valence-corrected chi connectivity index (χ2v) is 4.29. The van der Waals surface area contributed by atoms with E-state index < -0.39 is 0 Å². The summed E-state index contributed by atoms with van der Waals surface area (Å²) in [4.78, 5) is 16.5. The van der Waals surface area contributed by atoms with Gasteiger partial charge in [-0.15, -0.1) is 0 Å². The zero-order chi connectivity index (χ0) is 11.3. The monoisotopic (exact) mass is 209 g/mol. The predicted octanol–water partition coefficient (Wildman–Crippen LogP) is 2.91. The first-order valence-electron chi connectivity index (χ1n) is 5.29. The molecule has 0 fully saturated rings. The number of hydrogen-bond acceptors (Lipinski definition) is 2. The van der Waals surface area contributed by atoms with Crippen LogP contribution in [0.2, 0.25) is 0 Å². The van der Waals surface area contributed by atoms with Crippen LogP contribution >= 0.6 is 0 Å². The summed E-state index contributed by atoms with van der Waals surface area (Å²) in [6.45, 7) is 3.95. The van der Waals surface area contributed by atoms with Crippen LogP contribution < -0.4 is 0 Å². The van der Waals surface area contributed by atoms with Crippen LogP contribution in [0.4, 0.5) is 0 Å². The van der Waals surface area contributed by atoms with Crippen molar-refractivity contribution in [2.75, 3.05) is 0 Å². The van der Waals surface area contributed by atoms with Gasteiger partial charge in [-0.3, -0.25) is 9.78 Å². The molecule has 0 saturated carbocycles. The number of carbonyl (C=O) groups is 1. The number of aryl methyl sites for hydroxylation is 2. The zero-order valence-electron chi connectivity index (χ0n) is 9.24. The van der Waals surface area contributed by atoms with Gasteiger partial charge in [0.2, 0.25) is 0 Å². The van der Waals surface area contributed by atoms with Crippen molar-refractivity contribution in [3.05, 3.63) is 52.7 Å². The number of pyridine rings is 1. The Bertz CT molecular complexity index is 561. The van der Waals surface area contributed by atoms with Crippen molar-refractivity contribution in [3.63, 3.8) is 0 Å². The Morgan fingerprint density at radius 2 is 1.69 bits per heavy atom. The van der Waals surface area contributed by atoms with Gasteiger partial charge in [0.15, 0.2) is 5.78 Å². The fraction of sp³-hybridized carbons (Fsp3) is 0.143. The molecule has 0 amide bonds. The maximum atomic E-state index is 12.2. The molecular formula is C14H11NO. The van der Waals surface area contributed by atoms with Gasteiger partial charge in [-0.2, -0.15) is 0 Å². The molecule has 1 aliphatic rings. The van der Waals surface area contributed by atoms with Gasteiger partial charge in [0.1, 0.15) is 0 Å². The maximum absolute atomic E-state index is 12.2. The van der Waals surface area contributed by atoms with E-state index in [4.69, 9.17) is 0 Å². The number of benzene rings is 1. The van der Waals surface area contributed by atoms with Crippen LogP contribution in [0, 0.1) is 13.8 Å². The largest absolute Gasteiger partial charge is 0.289 e. The van der Waals surface area contributed by atoms with Crippen LogP contribution in [-0.4, -0.2) is 10.8 Å². The first-order valence-corrected chi connectivity index (χ1v) is 5.29. The second kappa shape index (κ2) is 3.01. The van der Waals surface area contributed by atoms with Gasteiger partial charge in [0.25, 0.3) is 0 Å². The Morgan fingerprint density at radius 1 is 0.938 bits per heavy atom. The molecule has 16 heavy (non-hydrogen) atoms. The molecule has 1 aliphatic carbocycles. The minimum absolute atomic E-state index is 0.102. The Labute approximate surface area is 94.0 Å². The Morgan fingerprint density at radius 3 is 2.50 bits per heavy atom. The topological polar surface area (TPSA) is 30.0 Å². The number of nitrogens with zero attached hydrogens (tertiary/aromatic N) is 1. The first-order chi connectivity index (χ1) is 7.66. The highest BCUT2D eigenvalue weighted by Gasteiger charge is 2.27. The minimum Gasteiger partial charge on any atom is -0.289 e. The highest BCUT2D eigenvalue weighted by atomic mass is 16.1. The average Bonchev–Trinajstić information content (AvgIpc) is 2.53. The lowest BCUT2D eigenvalue weighted by atomic mass is 10.1. The Balaban J connectivity index is 2.34. The fourth-order valence-electron chi connectivity index (χ4n) is 2.15. The lowest BCUT2D eigenvalue weighted by Gasteiger charge is -1.99. The first kappa shape index (κ1) is 9.28. The Hall–Kier alpha value is -1.96. The van der Waals surface area contributed by atoms with E-state index in [1.54, 1.807) is 6.20 Å². The van der Waals surface area contributed by atoms with E-state index in [9.17, 15) is 4.79 Å². The van der Waals surface area contributed by atoms with Crippen molar-refractivity contribution in [2.24, 2.45) is 0 Å². The third-order valence-corrected chi connectivity index (χ3v) is 2.94. The van der Waals surface area contributed by atoms with Crippen molar-refractivity contribution in [1.82, 2.24) is 4.98 Å². The minimum atomic E-state index is 0.102. The molecule has 1 aromatic heterocycles. The number of ketones is 1. The van der Waals surface area contributed by atoms with Crippen molar-refractivity contribution in [1.29, 1.82) is 0 Å². The zero-order valence-corrected chi connectivity index (χ0v) is 9.24. The number of hydrogen-bond donors (Lipinski definition) is 0. The smallest absolute Gasteiger partial charge is 0.195 e. The van der Waals surface area contributed by atoms with E-state index in [1.807, 2.05) is 38.1 Å². The van der Waals surface area contributed by atoms with E-state index in [-0.39, 0.29) is 5.78 Å². The van der Waals surface area contributed by atoms with Crippen LogP contribution in [0.25, 0.3) is 11.3 Å². The van der Waals surface area contributed by atoms with Gasteiger partial charge in [-0.25, -0.2) is 0 Å². The molecule has 2 heteroatoms. The van der Waals surface area contributed by atoms with Crippen LogP contribution in [0.3, 0.4) is 0 Å². The number of aromatic nitrogens is 1. The van der Waals surface area contributed by atoms with E-state index >= 15 is 0 Å². The normalized spacial score (nSPS) is 12.5. The van der Waals surface area contributed by atoms with E-state index in [0.717, 1.165) is 33.5 Å². The molecule has 0 spiro atoms. The lowest BCUT2D eigenvalue weighted by Crippen LogP contribution is -1.96. The summed E-state index contributed by atoms with van der Waals surface area (Å²) in [5.41, 5.74) is 5.44. The molecule has 0 N–H and O–H groups in total. The SMILES string of the molecule is Cc1ccc2c(c1)C(=O)c1cc(C)cnc1-2. The molecule has 3 rings (SSSR count). The van der Waals surface area contributed by atoms with Gasteiger partial charge >= 0.3 is 0 Å². The molecule has 0 unspecified atom stereocenters.